The van der Waals surface area contributed by atoms with Crippen molar-refractivity contribution in [2.75, 3.05) is 7.11 Å². The number of hydrogen-bond acceptors (Lipinski definition) is 2. The van der Waals surface area contributed by atoms with Crippen molar-refractivity contribution in [3.8, 4) is 5.75 Å². The molecule has 0 spiro atoms. The molecule has 1 N–H and O–H groups in total. The van der Waals surface area contributed by atoms with E-state index in [4.69, 9.17) is 4.74 Å². The highest BCUT2D eigenvalue weighted by atomic mass is 79.9. The summed E-state index contributed by atoms with van der Waals surface area (Å²) in [5, 5.41) is 10.8. The molecule has 0 amide bonds. The Kier molecular flexibility index (Phi) is 4.57. The third-order valence-corrected chi connectivity index (χ3v) is 5.37. The first-order valence-corrected chi connectivity index (χ1v) is 7.78. The summed E-state index contributed by atoms with van der Waals surface area (Å²) in [7, 11) is 1.68. The van der Waals surface area contributed by atoms with Gasteiger partial charge in [-0.2, -0.15) is 0 Å². The molecule has 2 rings (SSSR count). The summed E-state index contributed by atoms with van der Waals surface area (Å²) in [4.78, 5) is 0. The SMILES string of the molecule is COc1c(C)cc(Br)c(C)c1C(O)C1CCCC1C. The number of aliphatic hydroxyl groups is 1. The number of aryl methyl sites for hydroxylation is 1. The van der Waals surface area contributed by atoms with Crippen LogP contribution in [0.25, 0.3) is 0 Å². The molecule has 1 aliphatic rings. The van der Waals surface area contributed by atoms with Gasteiger partial charge in [0.25, 0.3) is 0 Å². The number of rotatable bonds is 3. The number of halogens is 1. The van der Waals surface area contributed by atoms with Crippen LogP contribution in [0.4, 0.5) is 0 Å². The average molecular weight is 327 g/mol. The van der Waals surface area contributed by atoms with E-state index >= 15 is 0 Å². The highest BCUT2D eigenvalue weighted by Crippen LogP contribution is 2.45. The molecule has 3 atom stereocenters. The predicted molar refractivity (Wildman–Crippen MR) is 81.6 cm³/mol. The molecule has 19 heavy (non-hydrogen) atoms. The van der Waals surface area contributed by atoms with Gasteiger partial charge in [-0.3, -0.25) is 0 Å². The van der Waals surface area contributed by atoms with E-state index in [1.54, 1.807) is 7.11 Å². The third-order valence-electron chi connectivity index (χ3n) is 4.54. The first kappa shape index (κ1) is 14.9. The first-order valence-electron chi connectivity index (χ1n) is 6.99. The molecule has 0 heterocycles. The molecule has 0 bridgehead atoms. The van der Waals surface area contributed by atoms with E-state index in [0.29, 0.717) is 11.8 Å². The molecule has 0 radical (unpaired) electrons. The van der Waals surface area contributed by atoms with Crippen molar-refractivity contribution in [3.05, 3.63) is 27.2 Å². The van der Waals surface area contributed by atoms with Crippen LogP contribution < -0.4 is 4.74 Å². The van der Waals surface area contributed by atoms with Gasteiger partial charge in [0.05, 0.1) is 13.2 Å². The third kappa shape index (κ3) is 2.68. The highest BCUT2D eigenvalue weighted by molar-refractivity contribution is 9.10. The lowest BCUT2D eigenvalue weighted by Crippen LogP contribution is -2.17. The van der Waals surface area contributed by atoms with E-state index in [0.717, 1.165) is 33.3 Å². The van der Waals surface area contributed by atoms with Crippen LogP contribution in [0.15, 0.2) is 10.5 Å². The van der Waals surface area contributed by atoms with Crippen molar-refractivity contribution in [2.24, 2.45) is 11.8 Å². The molecular weight excluding hydrogens is 304 g/mol. The average Bonchev–Trinajstić information content (AvgIpc) is 2.79. The fourth-order valence-electron chi connectivity index (χ4n) is 3.36. The van der Waals surface area contributed by atoms with Crippen LogP contribution >= 0.6 is 15.9 Å². The van der Waals surface area contributed by atoms with E-state index < -0.39 is 6.10 Å². The lowest BCUT2D eigenvalue weighted by Gasteiger charge is -2.27. The summed E-state index contributed by atoms with van der Waals surface area (Å²) in [5.74, 6) is 1.77. The molecule has 3 unspecified atom stereocenters. The molecule has 106 valence electrons. The van der Waals surface area contributed by atoms with E-state index in [-0.39, 0.29) is 0 Å². The zero-order valence-electron chi connectivity index (χ0n) is 12.2. The molecule has 1 aromatic carbocycles. The van der Waals surface area contributed by atoms with Gasteiger partial charge in [-0.05, 0) is 49.3 Å². The fourth-order valence-corrected chi connectivity index (χ4v) is 3.92. The first-order chi connectivity index (χ1) is 8.97. The van der Waals surface area contributed by atoms with Gasteiger partial charge in [0.2, 0.25) is 0 Å². The van der Waals surface area contributed by atoms with Crippen molar-refractivity contribution >= 4 is 15.9 Å². The largest absolute Gasteiger partial charge is 0.496 e. The minimum atomic E-state index is -0.427. The monoisotopic (exact) mass is 326 g/mol. The van der Waals surface area contributed by atoms with Crippen LogP contribution in [0.3, 0.4) is 0 Å². The number of methoxy groups -OCH3 is 1. The summed E-state index contributed by atoms with van der Waals surface area (Å²) >= 11 is 3.59. The Labute approximate surface area is 124 Å². The zero-order chi connectivity index (χ0) is 14.2. The Hall–Kier alpha value is -0.540. The molecule has 0 aromatic heterocycles. The standard InChI is InChI=1S/C16H23BrO2/c1-9-6-5-7-12(9)15(18)14-11(3)13(17)8-10(2)16(14)19-4/h8-9,12,15,18H,5-7H2,1-4H3. The van der Waals surface area contributed by atoms with E-state index in [9.17, 15) is 5.11 Å². The second kappa shape index (κ2) is 5.84. The second-order valence-corrected chi connectivity index (χ2v) is 6.62. The molecular formula is C16H23BrO2. The Morgan fingerprint density at radius 1 is 1.37 bits per heavy atom. The maximum Gasteiger partial charge on any atom is 0.127 e. The summed E-state index contributed by atoms with van der Waals surface area (Å²) in [5.41, 5.74) is 3.13. The molecule has 3 heteroatoms. The lowest BCUT2D eigenvalue weighted by atomic mass is 9.85. The maximum absolute atomic E-state index is 10.8. The lowest BCUT2D eigenvalue weighted by molar-refractivity contribution is 0.0868. The quantitative estimate of drug-likeness (QED) is 0.883. The van der Waals surface area contributed by atoms with Gasteiger partial charge in [0.15, 0.2) is 0 Å². The van der Waals surface area contributed by atoms with Gasteiger partial charge in [-0.15, -0.1) is 0 Å². The van der Waals surface area contributed by atoms with Crippen molar-refractivity contribution in [3.63, 3.8) is 0 Å². The van der Waals surface area contributed by atoms with Crippen molar-refractivity contribution in [2.45, 2.75) is 46.1 Å². The topological polar surface area (TPSA) is 29.5 Å². The van der Waals surface area contributed by atoms with Gasteiger partial charge in [-0.25, -0.2) is 0 Å². The zero-order valence-corrected chi connectivity index (χ0v) is 13.8. The van der Waals surface area contributed by atoms with Crippen LogP contribution in [0.5, 0.6) is 5.75 Å². The summed E-state index contributed by atoms with van der Waals surface area (Å²) in [6.45, 7) is 6.31. The molecule has 1 aromatic rings. The van der Waals surface area contributed by atoms with Crippen LogP contribution in [0, 0.1) is 25.7 Å². The van der Waals surface area contributed by atoms with Crippen molar-refractivity contribution in [1.82, 2.24) is 0 Å². The van der Waals surface area contributed by atoms with Crippen LogP contribution in [0.1, 0.15) is 49.0 Å². The Morgan fingerprint density at radius 3 is 2.58 bits per heavy atom. The van der Waals surface area contributed by atoms with Crippen LogP contribution in [-0.2, 0) is 0 Å². The van der Waals surface area contributed by atoms with Gasteiger partial charge in [0.1, 0.15) is 5.75 Å². The highest BCUT2D eigenvalue weighted by Gasteiger charge is 2.33. The number of hydrogen-bond donors (Lipinski definition) is 1. The molecule has 1 saturated carbocycles. The fraction of sp³-hybridized carbons (Fsp3) is 0.625. The molecule has 1 fully saturated rings. The number of ether oxygens (including phenoxy) is 1. The number of benzene rings is 1. The smallest absolute Gasteiger partial charge is 0.127 e. The Bertz CT molecular complexity index is 470. The second-order valence-electron chi connectivity index (χ2n) is 5.76. The summed E-state index contributed by atoms with van der Waals surface area (Å²) in [6, 6.07) is 2.06. The van der Waals surface area contributed by atoms with Crippen LogP contribution in [-0.4, -0.2) is 12.2 Å². The van der Waals surface area contributed by atoms with Crippen molar-refractivity contribution in [1.29, 1.82) is 0 Å². The minimum absolute atomic E-state index is 0.348. The van der Waals surface area contributed by atoms with E-state index in [1.807, 2.05) is 13.8 Å². The Balaban J connectivity index is 2.48. The normalized spacial score (nSPS) is 24.5. The minimum Gasteiger partial charge on any atom is -0.496 e. The van der Waals surface area contributed by atoms with E-state index in [1.165, 1.54) is 12.8 Å². The van der Waals surface area contributed by atoms with Gasteiger partial charge < -0.3 is 9.84 Å². The molecule has 1 aliphatic carbocycles. The van der Waals surface area contributed by atoms with Crippen LogP contribution in [0.2, 0.25) is 0 Å². The molecule has 2 nitrogen and oxygen atoms in total. The molecule has 0 saturated heterocycles. The van der Waals surface area contributed by atoms with Gasteiger partial charge in [0, 0.05) is 10.0 Å². The molecule has 0 aliphatic heterocycles. The van der Waals surface area contributed by atoms with Gasteiger partial charge in [-0.1, -0.05) is 35.7 Å². The predicted octanol–water partition coefficient (Wildman–Crippen LogP) is 4.54. The van der Waals surface area contributed by atoms with Gasteiger partial charge >= 0.3 is 0 Å². The van der Waals surface area contributed by atoms with E-state index in [2.05, 4.69) is 28.9 Å². The maximum atomic E-state index is 10.8. The Morgan fingerprint density at radius 2 is 2.05 bits per heavy atom. The number of aliphatic hydroxyl groups excluding tert-OH is 1. The summed E-state index contributed by atoms with van der Waals surface area (Å²) < 4.78 is 6.59. The van der Waals surface area contributed by atoms with Crippen molar-refractivity contribution < 1.29 is 9.84 Å². The summed E-state index contributed by atoms with van der Waals surface area (Å²) in [6.07, 6.45) is 3.12.